The molecular formula is C23H22N4O. The number of fused-ring (bicyclic) bond motifs is 1. The van der Waals surface area contributed by atoms with Gasteiger partial charge in [-0.25, -0.2) is 4.98 Å². The SMILES string of the molecule is Cc1ccc(C)c(NC(=O)c2cc(-c3cn(C)nc3C)nc3ccccc23)c1. The largest absolute Gasteiger partial charge is 0.322 e. The molecule has 0 unspecified atom stereocenters. The van der Waals surface area contributed by atoms with Gasteiger partial charge in [-0.05, 0) is 50.1 Å². The summed E-state index contributed by atoms with van der Waals surface area (Å²) in [5.41, 5.74) is 6.90. The van der Waals surface area contributed by atoms with Crippen LogP contribution in [-0.2, 0) is 7.05 Å². The number of hydrogen-bond donors (Lipinski definition) is 1. The zero-order valence-corrected chi connectivity index (χ0v) is 16.4. The molecule has 0 spiro atoms. The second-order valence-corrected chi connectivity index (χ2v) is 7.15. The van der Waals surface area contributed by atoms with E-state index < -0.39 is 0 Å². The van der Waals surface area contributed by atoms with Crippen molar-refractivity contribution < 1.29 is 4.79 Å². The molecule has 0 aliphatic rings. The Labute approximate surface area is 164 Å². The first-order chi connectivity index (χ1) is 13.4. The van der Waals surface area contributed by atoms with Gasteiger partial charge in [-0.3, -0.25) is 9.48 Å². The molecule has 2 aromatic carbocycles. The quantitative estimate of drug-likeness (QED) is 0.563. The van der Waals surface area contributed by atoms with Crippen LogP contribution < -0.4 is 5.32 Å². The van der Waals surface area contributed by atoms with Gasteiger partial charge in [0.05, 0.1) is 22.5 Å². The molecule has 0 aliphatic carbocycles. The lowest BCUT2D eigenvalue weighted by Gasteiger charge is -2.12. The Balaban J connectivity index is 1.84. The Kier molecular flexibility index (Phi) is 4.43. The zero-order valence-electron chi connectivity index (χ0n) is 16.4. The number of amides is 1. The molecule has 0 saturated carbocycles. The number of nitrogens with zero attached hydrogens (tertiary/aromatic N) is 3. The second kappa shape index (κ2) is 6.93. The molecule has 5 nitrogen and oxygen atoms in total. The number of rotatable bonds is 3. The summed E-state index contributed by atoms with van der Waals surface area (Å²) >= 11 is 0. The average Bonchev–Trinajstić information content (AvgIpc) is 3.02. The number of pyridine rings is 1. The number of carbonyl (C=O) groups excluding carboxylic acids is 1. The summed E-state index contributed by atoms with van der Waals surface area (Å²) in [6, 6.07) is 15.6. The Morgan fingerprint density at radius 1 is 1.04 bits per heavy atom. The van der Waals surface area contributed by atoms with Gasteiger partial charge in [0.1, 0.15) is 0 Å². The average molecular weight is 370 g/mol. The predicted molar refractivity (Wildman–Crippen MR) is 113 cm³/mol. The Morgan fingerprint density at radius 3 is 2.57 bits per heavy atom. The van der Waals surface area contributed by atoms with Crippen molar-refractivity contribution >= 4 is 22.5 Å². The first-order valence-corrected chi connectivity index (χ1v) is 9.21. The van der Waals surface area contributed by atoms with Crippen LogP contribution in [0.1, 0.15) is 27.2 Å². The lowest BCUT2D eigenvalue weighted by molar-refractivity contribution is 0.102. The highest BCUT2D eigenvalue weighted by Gasteiger charge is 2.17. The van der Waals surface area contributed by atoms with Crippen molar-refractivity contribution in [2.75, 3.05) is 5.32 Å². The monoisotopic (exact) mass is 370 g/mol. The molecule has 28 heavy (non-hydrogen) atoms. The molecular weight excluding hydrogens is 348 g/mol. The smallest absolute Gasteiger partial charge is 0.256 e. The highest BCUT2D eigenvalue weighted by Crippen LogP contribution is 2.27. The molecule has 5 heteroatoms. The highest BCUT2D eigenvalue weighted by molar-refractivity contribution is 6.13. The predicted octanol–water partition coefficient (Wildman–Crippen LogP) is 4.81. The van der Waals surface area contributed by atoms with Crippen LogP contribution in [0.15, 0.2) is 54.7 Å². The highest BCUT2D eigenvalue weighted by atomic mass is 16.1. The van der Waals surface area contributed by atoms with Gasteiger partial charge in [0.2, 0.25) is 0 Å². The Bertz CT molecular complexity index is 1210. The normalized spacial score (nSPS) is 11.0. The summed E-state index contributed by atoms with van der Waals surface area (Å²) in [7, 11) is 1.88. The fourth-order valence-corrected chi connectivity index (χ4v) is 3.41. The van der Waals surface area contributed by atoms with Crippen molar-refractivity contribution in [3.8, 4) is 11.3 Å². The first kappa shape index (κ1) is 17.9. The van der Waals surface area contributed by atoms with Crippen LogP contribution in [0.25, 0.3) is 22.2 Å². The van der Waals surface area contributed by atoms with E-state index in [4.69, 9.17) is 4.98 Å². The van der Waals surface area contributed by atoms with E-state index in [0.29, 0.717) is 5.56 Å². The third-order valence-electron chi connectivity index (χ3n) is 4.89. The second-order valence-electron chi connectivity index (χ2n) is 7.15. The van der Waals surface area contributed by atoms with E-state index in [0.717, 1.165) is 44.7 Å². The number of carbonyl (C=O) groups is 1. The number of anilines is 1. The first-order valence-electron chi connectivity index (χ1n) is 9.21. The van der Waals surface area contributed by atoms with E-state index in [1.54, 1.807) is 4.68 Å². The van der Waals surface area contributed by atoms with Gasteiger partial charge in [-0.2, -0.15) is 5.10 Å². The molecule has 0 atom stereocenters. The molecule has 4 rings (SSSR count). The van der Waals surface area contributed by atoms with Gasteiger partial charge in [0, 0.05) is 29.9 Å². The van der Waals surface area contributed by atoms with Crippen molar-refractivity contribution in [1.29, 1.82) is 0 Å². The van der Waals surface area contributed by atoms with Crippen LogP contribution in [0.2, 0.25) is 0 Å². The lowest BCUT2D eigenvalue weighted by atomic mass is 10.0. The fourth-order valence-electron chi connectivity index (χ4n) is 3.41. The van der Waals surface area contributed by atoms with Gasteiger partial charge in [0.15, 0.2) is 0 Å². The Morgan fingerprint density at radius 2 is 1.82 bits per heavy atom. The summed E-state index contributed by atoms with van der Waals surface area (Å²) in [5.74, 6) is -0.143. The molecule has 0 aliphatic heterocycles. The third kappa shape index (κ3) is 3.27. The van der Waals surface area contributed by atoms with E-state index in [2.05, 4.69) is 10.4 Å². The minimum absolute atomic E-state index is 0.143. The number of nitrogens with one attached hydrogen (secondary N) is 1. The van der Waals surface area contributed by atoms with Crippen molar-refractivity contribution in [2.24, 2.45) is 7.05 Å². The molecule has 2 aromatic heterocycles. The molecule has 0 saturated heterocycles. The molecule has 140 valence electrons. The van der Waals surface area contributed by atoms with Crippen molar-refractivity contribution in [2.45, 2.75) is 20.8 Å². The van der Waals surface area contributed by atoms with Crippen LogP contribution in [0, 0.1) is 20.8 Å². The Hall–Kier alpha value is -3.47. The maximum Gasteiger partial charge on any atom is 0.256 e. The van der Waals surface area contributed by atoms with Crippen molar-refractivity contribution in [1.82, 2.24) is 14.8 Å². The molecule has 2 heterocycles. The molecule has 0 radical (unpaired) electrons. The van der Waals surface area contributed by atoms with E-state index in [9.17, 15) is 4.79 Å². The standard InChI is InChI=1S/C23H22N4O/c1-14-9-10-15(2)21(11-14)25-23(28)18-12-22(19-13-27(4)26-16(19)3)24-20-8-6-5-7-17(18)20/h5-13H,1-4H3,(H,25,28). The summed E-state index contributed by atoms with van der Waals surface area (Å²) in [4.78, 5) is 18.0. The van der Waals surface area contributed by atoms with Crippen LogP contribution in [-0.4, -0.2) is 20.7 Å². The minimum Gasteiger partial charge on any atom is -0.322 e. The number of benzene rings is 2. The number of para-hydroxylation sites is 1. The van der Waals surface area contributed by atoms with Crippen molar-refractivity contribution in [3.63, 3.8) is 0 Å². The third-order valence-corrected chi connectivity index (χ3v) is 4.89. The molecule has 1 amide bonds. The van der Waals surface area contributed by atoms with E-state index in [1.165, 1.54) is 0 Å². The molecule has 0 bridgehead atoms. The number of aromatic nitrogens is 3. The van der Waals surface area contributed by atoms with Crippen LogP contribution in [0.4, 0.5) is 5.69 Å². The number of aryl methyl sites for hydroxylation is 4. The van der Waals surface area contributed by atoms with Gasteiger partial charge in [0.25, 0.3) is 5.91 Å². The van der Waals surface area contributed by atoms with Gasteiger partial charge in [-0.15, -0.1) is 0 Å². The minimum atomic E-state index is -0.143. The van der Waals surface area contributed by atoms with Crippen LogP contribution in [0.5, 0.6) is 0 Å². The summed E-state index contributed by atoms with van der Waals surface area (Å²) in [6.07, 6.45) is 1.93. The fraction of sp³-hybridized carbons (Fsp3) is 0.174. The van der Waals surface area contributed by atoms with E-state index in [-0.39, 0.29) is 5.91 Å². The number of hydrogen-bond acceptors (Lipinski definition) is 3. The molecule has 4 aromatic rings. The topological polar surface area (TPSA) is 59.8 Å². The molecule has 0 fully saturated rings. The lowest BCUT2D eigenvalue weighted by Crippen LogP contribution is -2.14. The zero-order chi connectivity index (χ0) is 19.8. The molecule has 1 N–H and O–H groups in total. The van der Waals surface area contributed by atoms with E-state index in [1.807, 2.05) is 82.5 Å². The van der Waals surface area contributed by atoms with Gasteiger partial charge in [-0.1, -0.05) is 30.3 Å². The summed E-state index contributed by atoms with van der Waals surface area (Å²) < 4.78 is 1.76. The van der Waals surface area contributed by atoms with E-state index >= 15 is 0 Å². The maximum absolute atomic E-state index is 13.2. The summed E-state index contributed by atoms with van der Waals surface area (Å²) in [5, 5.41) is 8.31. The van der Waals surface area contributed by atoms with Gasteiger partial charge >= 0.3 is 0 Å². The maximum atomic E-state index is 13.2. The van der Waals surface area contributed by atoms with Crippen LogP contribution in [0.3, 0.4) is 0 Å². The van der Waals surface area contributed by atoms with Crippen molar-refractivity contribution in [3.05, 3.63) is 77.1 Å². The summed E-state index contributed by atoms with van der Waals surface area (Å²) in [6.45, 7) is 5.95. The van der Waals surface area contributed by atoms with Crippen LogP contribution >= 0.6 is 0 Å². The van der Waals surface area contributed by atoms with Gasteiger partial charge < -0.3 is 5.32 Å².